The van der Waals surface area contributed by atoms with Gasteiger partial charge < -0.3 is 5.11 Å². The third kappa shape index (κ3) is 3.09. The maximum absolute atomic E-state index is 11.3. The zero-order valence-electron chi connectivity index (χ0n) is 11.0. The Bertz CT molecular complexity index is 411. The van der Waals surface area contributed by atoms with Crippen molar-refractivity contribution >= 4 is 17.3 Å². The molecule has 0 spiro atoms. The standard InChI is InChI=1S/C13H20N2O2S/c1-9-10(2)18-12(14-9)8-15-7-5-3-4-6-11(15)13(16)17/h11H,3-8H2,1-2H3,(H,16,17). The minimum atomic E-state index is -0.693. The topological polar surface area (TPSA) is 53.4 Å². The van der Waals surface area contributed by atoms with Crippen LogP contribution in [-0.2, 0) is 11.3 Å². The number of likely N-dealkylation sites (tertiary alicyclic amines) is 1. The Hall–Kier alpha value is -0.940. The first-order chi connectivity index (χ1) is 8.58. The summed E-state index contributed by atoms with van der Waals surface area (Å²) in [4.78, 5) is 19.1. The largest absolute Gasteiger partial charge is 0.480 e. The van der Waals surface area contributed by atoms with Gasteiger partial charge in [0.25, 0.3) is 0 Å². The first-order valence-electron chi connectivity index (χ1n) is 6.47. The van der Waals surface area contributed by atoms with Crippen molar-refractivity contribution in [2.75, 3.05) is 6.54 Å². The molecular weight excluding hydrogens is 248 g/mol. The van der Waals surface area contributed by atoms with E-state index in [1.54, 1.807) is 11.3 Å². The lowest BCUT2D eigenvalue weighted by Crippen LogP contribution is -2.40. The van der Waals surface area contributed by atoms with Gasteiger partial charge in [-0.25, -0.2) is 4.98 Å². The summed E-state index contributed by atoms with van der Waals surface area (Å²) in [5.74, 6) is -0.693. The Kier molecular flexibility index (Phi) is 4.35. The average molecular weight is 268 g/mol. The number of carboxylic acid groups (broad SMARTS) is 1. The van der Waals surface area contributed by atoms with E-state index in [1.165, 1.54) is 4.88 Å². The molecule has 0 bridgehead atoms. The normalized spacial score (nSPS) is 21.8. The van der Waals surface area contributed by atoms with E-state index in [4.69, 9.17) is 0 Å². The first-order valence-corrected chi connectivity index (χ1v) is 7.29. The molecule has 0 radical (unpaired) electrons. The van der Waals surface area contributed by atoms with E-state index in [1.807, 2.05) is 6.92 Å². The summed E-state index contributed by atoms with van der Waals surface area (Å²) in [5, 5.41) is 10.4. The molecule has 5 heteroatoms. The number of aliphatic carboxylic acids is 1. The molecule has 1 aliphatic heterocycles. The second-order valence-corrected chi connectivity index (χ2v) is 6.21. The van der Waals surface area contributed by atoms with Gasteiger partial charge in [-0.2, -0.15) is 0 Å². The minimum Gasteiger partial charge on any atom is -0.480 e. The Balaban J connectivity index is 2.10. The van der Waals surface area contributed by atoms with Crippen LogP contribution in [0.2, 0.25) is 0 Å². The van der Waals surface area contributed by atoms with Crippen LogP contribution in [0.25, 0.3) is 0 Å². The smallest absolute Gasteiger partial charge is 0.320 e. The van der Waals surface area contributed by atoms with Crippen LogP contribution in [0.5, 0.6) is 0 Å². The minimum absolute atomic E-state index is 0.336. The molecule has 1 unspecified atom stereocenters. The second-order valence-electron chi connectivity index (χ2n) is 4.92. The molecule has 18 heavy (non-hydrogen) atoms. The van der Waals surface area contributed by atoms with E-state index in [0.29, 0.717) is 6.54 Å². The molecule has 1 fully saturated rings. The summed E-state index contributed by atoms with van der Waals surface area (Å²) >= 11 is 1.68. The van der Waals surface area contributed by atoms with E-state index in [2.05, 4.69) is 16.8 Å². The molecule has 0 aliphatic carbocycles. The Labute approximate surface area is 112 Å². The molecule has 0 aromatic carbocycles. The van der Waals surface area contributed by atoms with Crippen molar-refractivity contribution in [2.45, 2.75) is 52.1 Å². The zero-order valence-corrected chi connectivity index (χ0v) is 11.8. The van der Waals surface area contributed by atoms with Crippen molar-refractivity contribution in [3.8, 4) is 0 Å². The van der Waals surface area contributed by atoms with Crippen molar-refractivity contribution in [2.24, 2.45) is 0 Å². The monoisotopic (exact) mass is 268 g/mol. The number of hydrogen-bond donors (Lipinski definition) is 1. The number of aromatic nitrogens is 1. The number of rotatable bonds is 3. The zero-order chi connectivity index (χ0) is 13.1. The highest BCUT2D eigenvalue weighted by molar-refractivity contribution is 7.11. The van der Waals surface area contributed by atoms with Gasteiger partial charge in [0.05, 0.1) is 12.2 Å². The molecule has 2 rings (SSSR count). The number of carbonyl (C=O) groups is 1. The van der Waals surface area contributed by atoms with Crippen molar-refractivity contribution in [1.82, 2.24) is 9.88 Å². The summed E-state index contributed by atoms with van der Waals surface area (Å²) in [6.45, 7) is 5.62. The highest BCUT2D eigenvalue weighted by Gasteiger charge is 2.27. The fourth-order valence-corrected chi connectivity index (χ4v) is 3.38. The highest BCUT2D eigenvalue weighted by atomic mass is 32.1. The van der Waals surface area contributed by atoms with E-state index < -0.39 is 5.97 Å². The van der Waals surface area contributed by atoms with Crippen LogP contribution in [0.3, 0.4) is 0 Å². The number of nitrogens with zero attached hydrogens (tertiary/aromatic N) is 2. The van der Waals surface area contributed by atoms with Crippen molar-refractivity contribution in [3.05, 3.63) is 15.6 Å². The number of hydrogen-bond acceptors (Lipinski definition) is 4. The van der Waals surface area contributed by atoms with Gasteiger partial charge in [-0.05, 0) is 33.2 Å². The molecule has 1 atom stereocenters. The van der Waals surface area contributed by atoms with Crippen molar-refractivity contribution in [1.29, 1.82) is 0 Å². The molecule has 1 N–H and O–H groups in total. The SMILES string of the molecule is Cc1nc(CN2CCCCCC2C(=O)O)sc1C. The lowest BCUT2D eigenvalue weighted by molar-refractivity contribution is -0.143. The van der Waals surface area contributed by atoms with Crippen LogP contribution in [-0.4, -0.2) is 33.5 Å². The lowest BCUT2D eigenvalue weighted by Gasteiger charge is -2.25. The fourth-order valence-electron chi connectivity index (χ4n) is 2.42. The van der Waals surface area contributed by atoms with Gasteiger partial charge in [0.1, 0.15) is 11.0 Å². The Morgan fingerprint density at radius 1 is 1.44 bits per heavy atom. The molecule has 100 valence electrons. The summed E-state index contributed by atoms with van der Waals surface area (Å²) < 4.78 is 0. The Morgan fingerprint density at radius 2 is 2.22 bits per heavy atom. The van der Waals surface area contributed by atoms with Crippen LogP contribution in [0.1, 0.15) is 41.3 Å². The maximum Gasteiger partial charge on any atom is 0.320 e. The predicted molar refractivity (Wildman–Crippen MR) is 71.9 cm³/mol. The summed E-state index contributed by atoms with van der Waals surface area (Å²) in [6, 6.07) is -0.336. The second kappa shape index (κ2) is 5.80. The lowest BCUT2D eigenvalue weighted by atomic mass is 10.1. The van der Waals surface area contributed by atoms with Crippen molar-refractivity contribution < 1.29 is 9.90 Å². The van der Waals surface area contributed by atoms with Gasteiger partial charge in [0, 0.05) is 4.88 Å². The van der Waals surface area contributed by atoms with Crippen LogP contribution in [0.4, 0.5) is 0 Å². The average Bonchev–Trinajstić information content (AvgIpc) is 2.53. The molecule has 0 saturated carbocycles. The van der Waals surface area contributed by atoms with Crippen LogP contribution in [0, 0.1) is 13.8 Å². The highest BCUT2D eigenvalue weighted by Crippen LogP contribution is 2.23. The van der Waals surface area contributed by atoms with Gasteiger partial charge in [0.15, 0.2) is 0 Å². The van der Waals surface area contributed by atoms with Gasteiger partial charge in [0.2, 0.25) is 0 Å². The van der Waals surface area contributed by atoms with Crippen molar-refractivity contribution in [3.63, 3.8) is 0 Å². The van der Waals surface area contributed by atoms with E-state index in [9.17, 15) is 9.90 Å². The van der Waals surface area contributed by atoms with E-state index >= 15 is 0 Å². The Morgan fingerprint density at radius 3 is 2.83 bits per heavy atom. The molecule has 0 amide bonds. The van der Waals surface area contributed by atoms with Gasteiger partial charge in [-0.3, -0.25) is 9.69 Å². The predicted octanol–water partition coefficient (Wildman–Crippen LogP) is 2.59. The van der Waals surface area contributed by atoms with Gasteiger partial charge in [-0.1, -0.05) is 12.8 Å². The van der Waals surface area contributed by atoms with Crippen LogP contribution < -0.4 is 0 Å². The van der Waals surface area contributed by atoms with Crippen LogP contribution >= 0.6 is 11.3 Å². The molecule has 1 aromatic heterocycles. The first kappa shape index (κ1) is 13.5. The number of thiazole rings is 1. The summed E-state index contributed by atoms with van der Waals surface area (Å²) in [7, 11) is 0. The number of aryl methyl sites for hydroxylation is 2. The quantitative estimate of drug-likeness (QED) is 0.915. The third-order valence-electron chi connectivity index (χ3n) is 3.56. The third-order valence-corrected chi connectivity index (χ3v) is 4.62. The molecule has 1 saturated heterocycles. The summed E-state index contributed by atoms with van der Waals surface area (Å²) in [5.41, 5.74) is 1.07. The summed E-state index contributed by atoms with van der Waals surface area (Å²) in [6.07, 6.45) is 4.01. The van der Waals surface area contributed by atoms with E-state index in [-0.39, 0.29) is 6.04 Å². The molecule has 2 heterocycles. The molecule has 1 aromatic rings. The maximum atomic E-state index is 11.3. The van der Waals surface area contributed by atoms with Gasteiger partial charge in [-0.15, -0.1) is 11.3 Å². The number of carboxylic acids is 1. The fraction of sp³-hybridized carbons (Fsp3) is 0.692. The molecular formula is C13H20N2O2S. The van der Waals surface area contributed by atoms with E-state index in [0.717, 1.165) is 42.9 Å². The van der Waals surface area contributed by atoms with Crippen LogP contribution in [0.15, 0.2) is 0 Å². The van der Waals surface area contributed by atoms with Gasteiger partial charge >= 0.3 is 5.97 Å². The molecule has 1 aliphatic rings. The molecule has 4 nitrogen and oxygen atoms in total.